The average Bonchev–Trinajstić information content (AvgIpc) is 2.74. The van der Waals surface area contributed by atoms with Crippen LogP contribution in [0.15, 0.2) is 18.2 Å². The molecule has 0 aliphatic carbocycles. The maximum Gasteiger partial charge on any atom is 0.239 e. The van der Waals surface area contributed by atoms with E-state index < -0.39 is 0 Å². The number of hydrogen-bond donors (Lipinski definition) is 1. The van der Waals surface area contributed by atoms with Gasteiger partial charge in [0.2, 0.25) is 11.8 Å². The molecule has 1 saturated heterocycles. The van der Waals surface area contributed by atoms with Crippen molar-refractivity contribution < 1.29 is 9.59 Å². The molecule has 114 valence electrons. The number of rotatable bonds is 4. The van der Waals surface area contributed by atoms with Crippen molar-refractivity contribution in [2.75, 3.05) is 12.3 Å². The Morgan fingerprint density at radius 3 is 2.76 bits per heavy atom. The lowest BCUT2D eigenvalue weighted by atomic mass is 10.2. The van der Waals surface area contributed by atoms with E-state index in [1.807, 2.05) is 19.9 Å². The molecule has 1 N–H and O–H groups in total. The number of carbonyl (C=O) groups excluding carboxylic acids is 2. The molecule has 1 aromatic carbocycles. The molecule has 4 nitrogen and oxygen atoms in total. The molecular formula is C14H16Cl2N2O2S. The van der Waals surface area contributed by atoms with E-state index in [9.17, 15) is 9.59 Å². The van der Waals surface area contributed by atoms with Crippen LogP contribution in [0.2, 0.25) is 10.0 Å². The Morgan fingerprint density at radius 1 is 1.43 bits per heavy atom. The van der Waals surface area contributed by atoms with Gasteiger partial charge in [0.15, 0.2) is 0 Å². The van der Waals surface area contributed by atoms with Gasteiger partial charge in [-0.15, -0.1) is 11.8 Å². The van der Waals surface area contributed by atoms with Crippen LogP contribution in [-0.4, -0.2) is 35.1 Å². The first-order valence-corrected chi connectivity index (χ1v) is 8.34. The minimum Gasteiger partial charge on any atom is -0.352 e. The topological polar surface area (TPSA) is 49.4 Å². The lowest BCUT2D eigenvalue weighted by Gasteiger charge is -2.24. The molecule has 0 spiro atoms. The van der Waals surface area contributed by atoms with Crippen LogP contribution in [0.25, 0.3) is 0 Å². The van der Waals surface area contributed by atoms with E-state index in [-0.39, 0.29) is 29.8 Å². The van der Waals surface area contributed by atoms with Crippen LogP contribution in [0.1, 0.15) is 24.8 Å². The number of benzene rings is 1. The van der Waals surface area contributed by atoms with E-state index in [1.165, 1.54) is 11.8 Å². The summed E-state index contributed by atoms with van der Waals surface area (Å²) in [4.78, 5) is 25.5. The fourth-order valence-electron chi connectivity index (χ4n) is 2.09. The number of halogens is 2. The normalized spacial score (nSPS) is 18.4. The fourth-order valence-corrected chi connectivity index (χ4v) is 3.57. The number of nitrogens with zero attached hydrogens (tertiary/aromatic N) is 1. The molecule has 0 bridgehead atoms. The zero-order valence-electron chi connectivity index (χ0n) is 11.7. The van der Waals surface area contributed by atoms with Crippen molar-refractivity contribution in [3.8, 4) is 0 Å². The van der Waals surface area contributed by atoms with Crippen molar-refractivity contribution in [1.29, 1.82) is 0 Å². The highest BCUT2D eigenvalue weighted by Gasteiger charge is 2.34. The Labute approximate surface area is 138 Å². The summed E-state index contributed by atoms with van der Waals surface area (Å²) in [5.41, 5.74) is 0.873. The molecule has 1 aliphatic heterocycles. The Hall–Kier alpha value is -0.910. The van der Waals surface area contributed by atoms with Crippen LogP contribution in [0.4, 0.5) is 0 Å². The van der Waals surface area contributed by atoms with E-state index in [1.54, 1.807) is 17.0 Å². The highest BCUT2D eigenvalue weighted by molar-refractivity contribution is 8.00. The van der Waals surface area contributed by atoms with Gasteiger partial charge in [0.05, 0.1) is 15.8 Å². The molecule has 0 unspecified atom stereocenters. The first-order chi connectivity index (χ1) is 9.88. The third-order valence-electron chi connectivity index (χ3n) is 2.96. The van der Waals surface area contributed by atoms with Crippen molar-refractivity contribution >= 4 is 46.8 Å². The Morgan fingerprint density at radius 2 is 2.14 bits per heavy atom. The molecule has 2 amide bonds. The van der Waals surface area contributed by atoms with Crippen molar-refractivity contribution in [3.63, 3.8) is 0 Å². The second-order valence-corrected chi connectivity index (χ2v) is 6.96. The van der Waals surface area contributed by atoms with Crippen LogP contribution >= 0.6 is 35.0 Å². The van der Waals surface area contributed by atoms with Crippen molar-refractivity contribution in [1.82, 2.24) is 10.2 Å². The van der Waals surface area contributed by atoms with Gasteiger partial charge in [-0.25, -0.2) is 0 Å². The predicted molar refractivity (Wildman–Crippen MR) is 86.7 cm³/mol. The summed E-state index contributed by atoms with van der Waals surface area (Å²) in [6, 6.07) is 5.33. The standard InChI is InChI=1S/C14H16Cl2N2O2S/c1-8(2)17-12(19)6-18-13(20)7-21-14(18)9-3-4-10(15)11(16)5-9/h3-5,8,14H,6-7H2,1-2H3,(H,17,19)/t14-/m1/s1. The second-order valence-electron chi connectivity index (χ2n) is 5.08. The molecule has 2 rings (SSSR count). The summed E-state index contributed by atoms with van der Waals surface area (Å²) in [6.07, 6.45) is 0. The van der Waals surface area contributed by atoms with E-state index in [2.05, 4.69) is 5.32 Å². The number of hydrogen-bond acceptors (Lipinski definition) is 3. The lowest BCUT2D eigenvalue weighted by molar-refractivity contribution is -0.134. The van der Waals surface area contributed by atoms with Gasteiger partial charge in [-0.2, -0.15) is 0 Å². The first-order valence-electron chi connectivity index (χ1n) is 6.54. The van der Waals surface area contributed by atoms with Gasteiger partial charge < -0.3 is 10.2 Å². The molecule has 1 fully saturated rings. The fraction of sp³-hybridized carbons (Fsp3) is 0.429. The Bertz CT molecular complexity index is 566. The summed E-state index contributed by atoms with van der Waals surface area (Å²) >= 11 is 13.4. The Balaban J connectivity index is 2.16. The van der Waals surface area contributed by atoms with Crippen molar-refractivity contribution in [2.45, 2.75) is 25.3 Å². The SMILES string of the molecule is CC(C)NC(=O)CN1C(=O)CS[C@@H]1c1ccc(Cl)c(Cl)c1. The molecule has 21 heavy (non-hydrogen) atoms. The zero-order chi connectivity index (χ0) is 15.6. The minimum absolute atomic E-state index is 0.0463. The molecule has 1 aromatic rings. The molecule has 1 heterocycles. The van der Waals surface area contributed by atoms with Crippen LogP contribution in [0.5, 0.6) is 0 Å². The maximum absolute atomic E-state index is 12.0. The quantitative estimate of drug-likeness (QED) is 0.911. The van der Waals surface area contributed by atoms with Gasteiger partial charge in [-0.3, -0.25) is 9.59 Å². The molecule has 0 saturated carbocycles. The third-order valence-corrected chi connectivity index (χ3v) is 4.96. The first kappa shape index (κ1) is 16.5. The van der Waals surface area contributed by atoms with Gasteiger partial charge in [-0.05, 0) is 31.5 Å². The number of nitrogens with one attached hydrogen (secondary N) is 1. The molecule has 1 atom stereocenters. The van der Waals surface area contributed by atoms with Crippen molar-refractivity contribution in [3.05, 3.63) is 33.8 Å². The molecular weight excluding hydrogens is 331 g/mol. The predicted octanol–water partition coefficient (Wildman–Crippen LogP) is 3.09. The number of amides is 2. The third kappa shape index (κ3) is 4.05. The zero-order valence-corrected chi connectivity index (χ0v) is 14.1. The summed E-state index contributed by atoms with van der Waals surface area (Å²) in [5.74, 6) is 0.153. The summed E-state index contributed by atoms with van der Waals surface area (Å²) in [5, 5.41) is 3.51. The van der Waals surface area contributed by atoms with Gasteiger partial charge >= 0.3 is 0 Å². The van der Waals surface area contributed by atoms with Crippen LogP contribution < -0.4 is 5.32 Å². The summed E-state index contributed by atoms with van der Waals surface area (Å²) in [6.45, 7) is 3.82. The van der Waals surface area contributed by atoms with E-state index in [4.69, 9.17) is 23.2 Å². The average molecular weight is 347 g/mol. The van der Waals surface area contributed by atoms with Gasteiger partial charge in [-0.1, -0.05) is 29.3 Å². The molecule has 7 heteroatoms. The molecule has 0 radical (unpaired) electrons. The number of carbonyl (C=O) groups is 2. The summed E-state index contributed by atoms with van der Waals surface area (Å²) < 4.78 is 0. The van der Waals surface area contributed by atoms with Crippen LogP contribution in [-0.2, 0) is 9.59 Å². The van der Waals surface area contributed by atoms with E-state index in [0.717, 1.165) is 5.56 Å². The smallest absolute Gasteiger partial charge is 0.239 e. The summed E-state index contributed by atoms with van der Waals surface area (Å²) in [7, 11) is 0. The van der Waals surface area contributed by atoms with Crippen LogP contribution in [0, 0.1) is 0 Å². The van der Waals surface area contributed by atoms with Gasteiger partial charge in [0.1, 0.15) is 11.9 Å². The number of thioether (sulfide) groups is 1. The van der Waals surface area contributed by atoms with Gasteiger partial charge in [0.25, 0.3) is 0 Å². The van der Waals surface area contributed by atoms with Gasteiger partial charge in [0, 0.05) is 6.04 Å². The molecule has 0 aromatic heterocycles. The second kappa shape index (κ2) is 6.90. The highest BCUT2D eigenvalue weighted by Crippen LogP contribution is 2.40. The monoisotopic (exact) mass is 346 g/mol. The van der Waals surface area contributed by atoms with Crippen LogP contribution in [0.3, 0.4) is 0 Å². The maximum atomic E-state index is 12.0. The van der Waals surface area contributed by atoms with E-state index >= 15 is 0 Å². The van der Waals surface area contributed by atoms with Crippen molar-refractivity contribution in [2.24, 2.45) is 0 Å². The lowest BCUT2D eigenvalue weighted by Crippen LogP contribution is -2.41. The largest absolute Gasteiger partial charge is 0.352 e. The molecule has 1 aliphatic rings. The Kier molecular flexibility index (Phi) is 5.41. The highest BCUT2D eigenvalue weighted by atomic mass is 35.5. The minimum atomic E-state index is -0.204. The van der Waals surface area contributed by atoms with E-state index in [0.29, 0.717) is 15.8 Å².